The van der Waals surface area contributed by atoms with E-state index in [1.54, 1.807) is 6.07 Å². The molecule has 1 saturated heterocycles. The monoisotopic (exact) mass is 551 g/mol. The summed E-state index contributed by atoms with van der Waals surface area (Å²) in [6.07, 6.45) is -4.35. The smallest absolute Gasteiger partial charge is 0.369 e. The molecule has 5 nitrogen and oxygen atoms in total. The number of hydrogen-bond donors (Lipinski definition) is 0. The molecule has 1 aromatic heterocycles. The van der Waals surface area contributed by atoms with Crippen LogP contribution in [-0.2, 0) is 12.8 Å². The van der Waals surface area contributed by atoms with Crippen molar-refractivity contribution in [3.05, 3.63) is 94.3 Å². The van der Waals surface area contributed by atoms with E-state index in [1.165, 1.54) is 23.3 Å². The summed E-state index contributed by atoms with van der Waals surface area (Å²) in [4.78, 5) is 4.24. The summed E-state index contributed by atoms with van der Waals surface area (Å²) in [5.74, 6) is 1.09. The standard InChI is InChI=1S/C30H32F3N5S/c1-21(2)26-9-4-5-10-27(26)38-28(23-13-11-22(3)12-14-23)34-37(29(38)39)20-35-15-17-36(18-16-35)25-8-6-7-24(19-25)30(31,32)33/h4-14,19,21H,15-18,20H2,1-3H3. The van der Waals surface area contributed by atoms with Gasteiger partial charge in [-0.1, -0.05) is 67.9 Å². The van der Waals surface area contributed by atoms with Crippen LogP contribution >= 0.6 is 12.2 Å². The van der Waals surface area contributed by atoms with Crippen LogP contribution in [0.3, 0.4) is 0 Å². The first-order valence-electron chi connectivity index (χ1n) is 13.1. The summed E-state index contributed by atoms with van der Waals surface area (Å²) in [6.45, 7) is 9.52. The van der Waals surface area contributed by atoms with Gasteiger partial charge >= 0.3 is 6.18 Å². The lowest BCUT2D eigenvalue weighted by Crippen LogP contribution is -2.47. The zero-order valence-corrected chi connectivity index (χ0v) is 23.1. The minimum absolute atomic E-state index is 0.307. The van der Waals surface area contributed by atoms with Crippen molar-refractivity contribution in [3.8, 4) is 17.1 Å². The fourth-order valence-electron chi connectivity index (χ4n) is 5.00. The Bertz CT molecular complexity index is 1500. The molecule has 204 valence electrons. The number of benzene rings is 3. The van der Waals surface area contributed by atoms with Gasteiger partial charge in [0.25, 0.3) is 0 Å². The summed E-state index contributed by atoms with van der Waals surface area (Å²) in [6, 6.07) is 22.1. The minimum Gasteiger partial charge on any atom is -0.369 e. The van der Waals surface area contributed by atoms with Gasteiger partial charge in [0.1, 0.15) is 0 Å². The van der Waals surface area contributed by atoms with E-state index in [9.17, 15) is 13.2 Å². The first-order chi connectivity index (χ1) is 18.6. The van der Waals surface area contributed by atoms with Crippen LogP contribution in [0.25, 0.3) is 17.1 Å². The molecule has 1 aliphatic rings. The van der Waals surface area contributed by atoms with Gasteiger partial charge in [-0.05, 0) is 54.9 Å². The highest BCUT2D eigenvalue weighted by Gasteiger charge is 2.31. The molecule has 39 heavy (non-hydrogen) atoms. The van der Waals surface area contributed by atoms with Crippen LogP contribution in [-0.4, -0.2) is 45.4 Å². The van der Waals surface area contributed by atoms with Crippen molar-refractivity contribution in [1.29, 1.82) is 0 Å². The number of para-hydroxylation sites is 1. The van der Waals surface area contributed by atoms with E-state index >= 15 is 0 Å². The van der Waals surface area contributed by atoms with Crippen LogP contribution in [0, 0.1) is 11.7 Å². The third-order valence-corrected chi connectivity index (χ3v) is 7.59. The highest BCUT2D eigenvalue weighted by Crippen LogP contribution is 2.32. The Balaban J connectivity index is 1.42. The second kappa shape index (κ2) is 11.0. The number of rotatable bonds is 6. The summed E-state index contributed by atoms with van der Waals surface area (Å²) < 4.78 is 44.1. The maximum absolute atomic E-state index is 13.2. The van der Waals surface area contributed by atoms with Gasteiger partial charge < -0.3 is 4.90 Å². The fraction of sp³-hybridized carbons (Fsp3) is 0.333. The molecule has 0 amide bonds. The summed E-state index contributed by atoms with van der Waals surface area (Å²) in [7, 11) is 0. The minimum atomic E-state index is -4.35. The molecule has 0 saturated carbocycles. The lowest BCUT2D eigenvalue weighted by atomic mass is 10.0. The first-order valence-corrected chi connectivity index (χ1v) is 13.5. The molecule has 0 radical (unpaired) electrons. The van der Waals surface area contributed by atoms with Crippen molar-refractivity contribution in [2.75, 3.05) is 31.1 Å². The summed E-state index contributed by atoms with van der Waals surface area (Å²) in [5, 5.41) is 4.99. The molecule has 4 aromatic rings. The van der Waals surface area contributed by atoms with Crippen LogP contribution in [0.5, 0.6) is 0 Å². The summed E-state index contributed by atoms with van der Waals surface area (Å²) >= 11 is 6.00. The zero-order chi connectivity index (χ0) is 27.7. The number of nitrogens with zero attached hydrogens (tertiary/aromatic N) is 5. The van der Waals surface area contributed by atoms with Crippen molar-refractivity contribution < 1.29 is 13.2 Å². The topological polar surface area (TPSA) is 29.2 Å². The molecule has 2 heterocycles. The largest absolute Gasteiger partial charge is 0.416 e. The van der Waals surface area contributed by atoms with E-state index in [0.717, 1.165) is 23.1 Å². The highest BCUT2D eigenvalue weighted by atomic mass is 32.1. The average molecular weight is 552 g/mol. The van der Waals surface area contributed by atoms with Gasteiger partial charge in [-0.3, -0.25) is 9.47 Å². The van der Waals surface area contributed by atoms with Gasteiger partial charge in [-0.15, -0.1) is 5.10 Å². The van der Waals surface area contributed by atoms with Crippen molar-refractivity contribution in [3.63, 3.8) is 0 Å². The lowest BCUT2D eigenvalue weighted by molar-refractivity contribution is -0.137. The third kappa shape index (κ3) is 5.79. The Morgan fingerprint density at radius 3 is 2.26 bits per heavy atom. The fourth-order valence-corrected chi connectivity index (χ4v) is 5.29. The highest BCUT2D eigenvalue weighted by molar-refractivity contribution is 7.71. The Kier molecular flexibility index (Phi) is 7.64. The quantitative estimate of drug-likeness (QED) is 0.235. The normalized spacial score (nSPS) is 14.8. The maximum atomic E-state index is 13.2. The molecule has 0 aliphatic carbocycles. The molecule has 0 bridgehead atoms. The van der Waals surface area contributed by atoms with Crippen LogP contribution < -0.4 is 4.90 Å². The molecule has 0 N–H and O–H groups in total. The van der Waals surface area contributed by atoms with E-state index in [1.807, 2.05) is 21.7 Å². The van der Waals surface area contributed by atoms with E-state index in [2.05, 4.69) is 66.6 Å². The van der Waals surface area contributed by atoms with Crippen molar-refractivity contribution in [2.24, 2.45) is 0 Å². The molecule has 1 fully saturated rings. The zero-order valence-electron chi connectivity index (χ0n) is 22.3. The van der Waals surface area contributed by atoms with E-state index in [4.69, 9.17) is 17.3 Å². The second-order valence-corrected chi connectivity index (χ2v) is 10.7. The second-order valence-electron chi connectivity index (χ2n) is 10.3. The van der Waals surface area contributed by atoms with Crippen molar-refractivity contribution in [2.45, 2.75) is 39.5 Å². The van der Waals surface area contributed by atoms with Gasteiger partial charge in [0, 0.05) is 37.4 Å². The Hall–Kier alpha value is -3.43. The SMILES string of the molecule is Cc1ccc(-c2nn(CN3CCN(c4cccc(C(F)(F)F)c4)CC3)c(=S)n2-c2ccccc2C(C)C)cc1. The van der Waals surface area contributed by atoms with E-state index in [0.29, 0.717) is 49.2 Å². The lowest BCUT2D eigenvalue weighted by Gasteiger charge is -2.36. The number of anilines is 1. The molecular formula is C30H32F3N5S. The van der Waals surface area contributed by atoms with Gasteiger partial charge in [0.05, 0.1) is 17.9 Å². The molecule has 0 unspecified atom stereocenters. The first kappa shape index (κ1) is 27.1. The van der Waals surface area contributed by atoms with E-state index < -0.39 is 11.7 Å². The van der Waals surface area contributed by atoms with Gasteiger partial charge in [0.15, 0.2) is 5.82 Å². The van der Waals surface area contributed by atoms with E-state index in [-0.39, 0.29) is 0 Å². The Morgan fingerprint density at radius 1 is 0.897 bits per heavy atom. The van der Waals surface area contributed by atoms with Crippen LogP contribution in [0.15, 0.2) is 72.8 Å². The Morgan fingerprint density at radius 2 is 1.59 bits per heavy atom. The number of alkyl halides is 3. The number of halogens is 3. The average Bonchev–Trinajstić information content (AvgIpc) is 3.24. The molecule has 0 atom stereocenters. The van der Waals surface area contributed by atoms with Gasteiger partial charge in [0.2, 0.25) is 4.77 Å². The molecule has 9 heteroatoms. The predicted molar refractivity (Wildman–Crippen MR) is 152 cm³/mol. The number of aryl methyl sites for hydroxylation is 1. The number of hydrogen-bond acceptors (Lipinski definition) is 4. The van der Waals surface area contributed by atoms with Crippen LogP contribution in [0.4, 0.5) is 18.9 Å². The van der Waals surface area contributed by atoms with Crippen molar-refractivity contribution in [1.82, 2.24) is 19.2 Å². The van der Waals surface area contributed by atoms with Gasteiger partial charge in [-0.25, -0.2) is 4.68 Å². The molecule has 3 aromatic carbocycles. The van der Waals surface area contributed by atoms with Gasteiger partial charge in [-0.2, -0.15) is 13.2 Å². The number of piperazine rings is 1. The van der Waals surface area contributed by atoms with Crippen molar-refractivity contribution >= 4 is 17.9 Å². The summed E-state index contributed by atoms with van der Waals surface area (Å²) in [5.41, 5.74) is 4.34. The molecule has 5 rings (SSSR count). The maximum Gasteiger partial charge on any atom is 0.416 e. The predicted octanol–water partition coefficient (Wildman–Crippen LogP) is 7.30. The third-order valence-electron chi connectivity index (χ3n) is 7.19. The molecular weight excluding hydrogens is 519 g/mol. The van der Waals surface area contributed by atoms with Crippen LogP contribution in [0.1, 0.15) is 36.5 Å². The molecule has 1 aliphatic heterocycles. The molecule has 0 spiro atoms. The number of aromatic nitrogens is 3. The van der Waals surface area contributed by atoms with Crippen LogP contribution in [0.2, 0.25) is 0 Å². The Labute approximate surface area is 232 Å².